The van der Waals surface area contributed by atoms with Crippen LogP contribution in [0.25, 0.3) is 11.1 Å². The third-order valence-electron chi connectivity index (χ3n) is 7.86. The first kappa shape index (κ1) is 26.4. The van der Waals surface area contributed by atoms with Gasteiger partial charge in [0.1, 0.15) is 0 Å². The van der Waals surface area contributed by atoms with Crippen LogP contribution in [-0.4, -0.2) is 34.0 Å². The number of nitrogens with zero attached hydrogens (tertiary/aromatic N) is 1. The molecule has 36 heavy (non-hydrogen) atoms. The first-order valence-electron chi connectivity index (χ1n) is 13.4. The van der Waals surface area contributed by atoms with Crippen LogP contribution < -0.4 is 0 Å². The first-order chi connectivity index (χ1) is 17.0. The number of fused-ring (bicyclic) bond motifs is 1. The minimum absolute atomic E-state index is 0.147. The fraction of sp³-hybridized carbons (Fsp3) is 0.548. The Morgan fingerprint density at radius 1 is 0.972 bits per heavy atom. The van der Waals surface area contributed by atoms with Gasteiger partial charge in [0.2, 0.25) is 5.91 Å². The number of hydrogen-bond donors (Lipinski definition) is 1. The van der Waals surface area contributed by atoms with Crippen molar-refractivity contribution in [1.29, 1.82) is 0 Å². The third-order valence-corrected chi connectivity index (χ3v) is 7.86. The molecule has 1 amide bonds. The summed E-state index contributed by atoms with van der Waals surface area (Å²) in [6, 6.07) is 8.26. The second-order valence-corrected chi connectivity index (χ2v) is 11.7. The molecule has 0 aromatic heterocycles. The van der Waals surface area contributed by atoms with Crippen molar-refractivity contribution in [3.05, 3.63) is 57.6 Å². The van der Waals surface area contributed by atoms with Crippen LogP contribution >= 0.6 is 0 Å². The van der Waals surface area contributed by atoms with Gasteiger partial charge in [-0.2, -0.15) is 0 Å². The number of ether oxygens (including phenoxy) is 1. The molecule has 2 aliphatic rings. The Morgan fingerprint density at radius 2 is 1.61 bits per heavy atom. The number of aryl methyl sites for hydroxylation is 1. The standard InChI is InChI=1S/C31H41NO4/c1-19-12-14-22(15-13-19)26-21(3)25-18-32(29(33)23-10-8-7-9-11-23)17-16-24(25)20(2)27(26)28(30(34)35)36-31(4,5)6/h12-15,23,28H,7-11,16-18H2,1-6H3,(H,34,35)/t28-/m0/s1. The smallest absolute Gasteiger partial charge is 0.337 e. The molecule has 1 N–H and O–H groups in total. The predicted octanol–water partition coefficient (Wildman–Crippen LogP) is 6.68. The number of benzene rings is 2. The Kier molecular flexibility index (Phi) is 7.61. The maximum absolute atomic E-state index is 13.4. The summed E-state index contributed by atoms with van der Waals surface area (Å²) in [5, 5.41) is 10.3. The van der Waals surface area contributed by atoms with Gasteiger partial charge in [0.25, 0.3) is 0 Å². The van der Waals surface area contributed by atoms with Crippen molar-refractivity contribution in [2.24, 2.45) is 5.92 Å². The van der Waals surface area contributed by atoms with Crippen molar-refractivity contribution in [2.75, 3.05) is 6.54 Å². The molecule has 2 aromatic rings. The zero-order valence-corrected chi connectivity index (χ0v) is 22.7. The van der Waals surface area contributed by atoms with Gasteiger partial charge < -0.3 is 14.7 Å². The van der Waals surface area contributed by atoms with E-state index in [4.69, 9.17) is 4.74 Å². The van der Waals surface area contributed by atoms with E-state index in [0.29, 0.717) is 13.1 Å². The Hall–Kier alpha value is -2.66. The number of carboxylic acid groups (broad SMARTS) is 1. The monoisotopic (exact) mass is 491 g/mol. The molecule has 1 fully saturated rings. The molecule has 1 aliphatic heterocycles. The summed E-state index contributed by atoms with van der Waals surface area (Å²) in [6.45, 7) is 13.1. The third kappa shape index (κ3) is 5.36. The molecule has 0 saturated heterocycles. The van der Waals surface area contributed by atoms with E-state index in [1.807, 2.05) is 39.5 Å². The van der Waals surface area contributed by atoms with Crippen LogP contribution in [0.5, 0.6) is 0 Å². The van der Waals surface area contributed by atoms with Crippen LogP contribution in [0.4, 0.5) is 0 Å². The van der Waals surface area contributed by atoms with Gasteiger partial charge in [0.05, 0.1) is 5.60 Å². The molecule has 4 rings (SSSR count). The Bertz CT molecular complexity index is 1140. The lowest BCUT2D eigenvalue weighted by Gasteiger charge is -2.37. The van der Waals surface area contributed by atoms with E-state index in [9.17, 15) is 14.7 Å². The van der Waals surface area contributed by atoms with Crippen LogP contribution in [-0.2, 0) is 27.3 Å². The van der Waals surface area contributed by atoms with Crippen LogP contribution in [0.3, 0.4) is 0 Å². The number of amides is 1. The van der Waals surface area contributed by atoms with Gasteiger partial charge >= 0.3 is 5.97 Å². The minimum Gasteiger partial charge on any atom is -0.479 e. The van der Waals surface area contributed by atoms with Crippen molar-refractivity contribution in [3.63, 3.8) is 0 Å². The van der Waals surface area contributed by atoms with Crippen molar-refractivity contribution < 1.29 is 19.4 Å². The average Bonchev–Trinajstić information content (AvgIpc) is 2.84. The van der Waals surface area contributed by atoms with Crippen molar-refractivity contribution >= 4 is 11.9 Å². The zero-order chi connectivity index (χ0) is 26.2. The zero-order valence-electron chi connectivity index (χ0n) is 22.7. The molecule has 5 nitrogen and oxygen atoms in total. The molecule has 194 valence electrons. The maximum atomic E-state index is 13.4. The van der Waals surface area contributed by atoms with E-state index in [1.165, 1.54) is 17.5 Å². The molecule has 1 atom stereocenters. The molecule has 2 aromatic carbocycles. The number of aliphatic carboxylic acids is 1. The van der Waals surface area contributed by atoms with Gasteiger partial charge in [0.15, 0.2) is 6.10 Å². The Balaban J connectivity index is 1.85. The largest absolute Gasteiger partial charge is 0.479 e. The number of carbonyl (C=O) groups excluding carboxylic acids is 1. The predicted molar refractivity (Wildman–Crippen MR) is 143 cm³/mol. The van der Waals surface area contributed by atoms with Gasteiger partial charge in [-0.15, -0.1) is 0 Å². The number of carboxylic acids is 1. The Morgan fingerprint density at radius 3 is 2.19 bits per heavy atom. The van der Waals surface area contributed by atoms with Gasteiger partial charge in [0, 0.05) is 24.6 Å². The van der Waals surface area contributed by atoms with Crippen LogP contribution in [0.1, 0.15) is 92.4 Å². The molecule has 5 heteroatoms. The fourth-order valence-electron chi connectivity index (χ4n) is 6.03. The molecule has 0 radical (unpaired) electrons. The second kappa shape index (κ2) is 10.4. The number of hydrogen-bond acceptors (Lipinski definition) is 3. The summed E-state index contributed by atoms with van der Waals surface area (Å²) < 4.78 is 6.17. The molecule has 1 heterocycles. The summed E-state index contributed by atoms with van der Waals surface area (Å²) in [5.74, 6) is -0.544. The molecule has 1 aliphatic carbocycles. The van der Waals surface area contributed by atoms with E-state index in [2.05, 4.69) is 31.2 Å². The summed E-state index contributed by atoms with van der Waals surface area (Å²) >= 11 is 0. The van der Waals surface area contributed by atoms with E-state index < -0.39 is 17.7 Å². The highest BCUT2D eigenvalue weighted by molar-refractivity contribution is 5.85. The van der Waals surface area contributed by atoms with Gasteiger partial charge in [-0.1, -0.05) is 49.1 Å². The minimum atomic E-state index is -1.08. The second-order valence-electron chi connectivity index (χ2n) is 11.7. The van der Waals surface area contributed by atoms with Crippen molar-refractivity contribution in [2.45, 2.75) is 98.3 Å². The summed E-state index contributed by atoms with van der Waals surface area (Å²) in [5.41, 5.74) is 7.56. The van der Waals surface area contributed by atoms with Crippen LogP contribution in [0.15, 0.2) is 24.3 Å². The molecule has 0 unspecified atom stereocenters. The molecule has 0 spiro atoms. The van der Waals surface area contributed by atoms with E-state index >= 15 is 0 Å². The first-order valence-corrected chi connectivity index (χ1v) is 13.4. The number of carbonyl (C=O) groups is 2. The highest BCUT2D eigenvalue weighted by atomic mass is 16.5. The lowest BCUT2D eigenvalue weighted by molar-refractivity contribution is -0.160. The Labute approximate surface area is 215 Å². The lowest BCUT2D eigenvalue weighted by Crippen LogP contribution is -2.41. The van der Waals surface area contributed by atoms with Gasteiger partial charge in [-0.05, 0) is 94.2 Å². The SMILES string of the molecule is Cc1ccc(-c2c(C)c3c(c(C)c2[C@H](OC(C)(C)C)C(=O)O)CCN(C(=O)C2CCCCC2)C3)cc1. The summed E-state index contributed by atoms with van der Waals surface area (Å²) in [6.07, 6.45) is 5.18. The van der Waals surface area contributed by atoms with Gasteiger partial charge in [-0.25, -0.2) is 4.79 Å². The normalized spacial score (nSPS) is 17.6. The highest BCUT2D eigenvalue weighted by Gasteiger charge is 2.36. The maximum Gasteiger partial charge on any atom is 0.337 e. The molecular weight excluding hydrogens is 450 g/mol. The van der Waals surface area contributed by atoms with E-state index in [1.54, 1.807) is 0 Å². The van der Waals surface area contributed by atoms with Crippen molar-refractivity contribution in [3.8, 4) is 11.1 Å². The molecular formula is C31H41NO4. The summed E-state index contributed by atoms with van der Waals surface area (Å²) in [7, 11) is 0. The van der Waals surface area contributed by atoms with Crippen molar-refractivity contribution in [1.82, 2.24) is 4.90 Å². The molecule has 0 bridgehead atoms. The topological polar surface area (TPSA) is 66.8 Å². The average molecular weight is 492 g/mol. The quantitative estimate of drug-likeness (QED) is 0.506. The summed E-state index contributed by atoms with van der Waals surface area (Å²) in [4.78, 5) is 28.0. The van der Waals surface area contributed by atoms with Crippen LogP contribution in [0.2, 0.25) is 0 Å². The fourth-order valence-corrected chi connectivity index (χ4v) is 6.03. The van der Waals surface area contributed by atoms with Crippen LogP contribution in [0, 0.1) is 26.7 Å². The molecule has 1 saturated carbocycles. The van der Waals surface area contributed by atoms with E-state index in [0.717, 1.165) is 65.5 Å². The highest BCUT2D eigenvalue weighted by Crippen LogP contribution is 2.43. The number of rotatable bonds is 5. The van der Waals surface area contributed by atoms with E-state index in [-0.39, 0.29) is 11.8 Å². The lowest BCUT2D eigenvalue weighted by atomic mass is 9.79. The van der Waals surface area contributed by atoms with Gasteiger partial charge in [-0.3, -0.25) is 4.79 Å².